The van der Waals surface area contributed by atoms with E-state index >= 15 is 0 Å². The Morgan fingerprint density at radius 2 is 1.88 bits per heavy atom. The van der Waals surface area contributed by atoms with Crippen molar-refractivity contribution in [3.05, 3.63) is 94.5 Å². The fraction of sp³-hybridized carbons (Fsp3) is 0.312. The molecule has 43 heavy (non-hydrogen) atoms. The molecule has 0 saturated heterocycles. The second kappa shape index (κ2) is 13.2. The summed E-state index contributed by atoms with van der Waals surface area (Å²) in [6.07, 6.45) is 5.40. The van der Waals surface area contributed by atoms with Crippen LogP contribution in [0.25, 0.3) is 16.8 Å². The molecule has 0 radical (unpaired) electrons. The molecule has 11 heteroatoms. The molecule has 222 valence electrons. The van der Waals surface area contributed by atoms with Gasteiger partial charge in [-0.15, -0.1) is 5.10 Å². The number of nitrogens with zero attached hydrogens (tertiary/aromatic N) is 4. The number of amides is 2. The van der Waals surface area contributed by atoms with Crippen LogP contribution in [0.15, 0.2) is 67.0 Å². The predicted octanol–water partition coefficient (Wildman–Crippen LogP) is 4.89. The summed E-state index contributed by atoms with van der Waals surface area (Å²) in [7, 11) is 0. The molecule has 4 aromatic rings. The number of rotatable bonds is 11. The zero-order chi connectivity index (χ0) is 30.5. The van der Waals surface area contributed by atoms with Crippen molar-refractivity contribution in [1.82, 2.24) is 25.5 Å². The Balaban J connectivity index is 1.12. The van der Waals surface area contributed by atoms with Crippen LogP contribution in [0.3, 0.4) is 0 Å². The molecule has 0 bridgehead atoms. The van der Waals surface area contributed by atoms with Crippen molar-refractivity contribution in [2.45, 2.75) is 51.5 Å². The highest BCUT2D eigenvalue weighted by Gasteiger charge is 2.31. The van der Waals surface area contributed by atoms with E-state index in [2.05, 4.69) is 20.8 Å². The van der Waals surface area contributed by atoms with Crippen LogP contribution in [0.1, 0.15) is 54.1 Å². The lowest BCUT2D eigenvalue weighted by Gasteiger charge is -2.17. The molecule has 5 rings (SSSR count). The van der Waals surface area contributed by atoms with E-state index in [4.69, 9.17) is 17.3 Å². The van der Waals surface area contributed by atoms with Crippen LogP contribution in [-0.4, -0.2) is 43.8 Å². The topological polar surface area (TPSA) is 133 Å². The van der Waals surface area contributed by atoms with E-state index in [-0.39, 0.29) is 29.6 Å². The highest BCUT2D eigenvalue weighted by Crippen LogP contribution is 2.34. The van der Waals surface area contributed by atoms with Crippen LogP contribution < -0.4 is 11.1 Å². The number of nitrogens with one attached hydrogen (secondary N) is 1. The van der Waals surface area contributed by atoms with Crippen molar-refractivity contribution in [3.63, 3.8) is 0 Å². The number of aromatic nitrogens is 4. The number of primary amides is 1. The molecule has 1 aromatic heterocycles. The molecule has 0 spiro atoms. The van der Waals surface area contributed by atoms with Gasteiger partial charge in [0.05, 0.1) is 11.7 Å². The van der Waals surface area contributed by atoms with Crippen LogP contribution in [0, 0.1) is 17.7 Å². The van der Waals surface area contributed by atoms with E-state index in [9.17, 15) is 18.8 Å². The monoisotopic (exact) mass is 602 g/mol. The molecule has 1 aliphatic carbocycles. The van der Waals surface area contributed by atoms with Gasteiger partial charge in [-0.1, -0.05) is 41.9 Å². The number of halogens is 2. The minimum atomic E-state index is -0.680. The second-order valence-corrected chi connectivity index (χ2v) is 11.5. The minimum Gasteiger partial charge on any atom is -0.366 e. The van der Waals surface area contributed by atoms with Gasteiger partial charge in [-0.2, -0.15) is 0 Å². The van der Waals surface area contributed by atoms with Gasteiger partial charge in [0.1, 0.15) is 12.1 Å². The number of hydrogen-bond donors (Lipinski definition) is 2. The van der Waals surface area contributed by atoms with Crippen LogP contribution in [0.2, 0.25) is 5.02 Å². The average molecular weight is 603 g/mol. The minimum absolute atomic E-state index is 0.0636. The number of nitrogens with two attached hydrogens (primary N) is 1. The SMILES string of the molecule is C[C@H](NC(=O)[C@@H]1CC[C@@H](Cc2ccc(-c3ccc(F)cc3C(N)=O)cc2)C1)C(=O)CCc1cc(Cl)ccc1-n1cnnn1. The number of carbonyl (C=O) groups excluding carboxylic acids is 3. The summed E-state index contributed by atoms with van der Waals surface area (Å²) in [5.41, 5.74) is 9.65. The first-order valence-corrected chi connectivity index (χ1v) is 14.6. The Morgan fingerprint density at radius 3 is 2.60 bits per heavy atom. The number of benzene rings is 3. The molecule has 0 unspecified atom stereocenters. The van der Waals surface area contributed by atoms with Crippen LogP contribution in [0.5, 0.6) is 0 Å². The zero-order valence-corrected chi connectivity index (χ0v) is 24.4. The largest absolute Gasteiger partial charge is 0.366 e. The molecule has 1 heterocycles. The summed E-state index contributed by atoms with van der Waals surface area (Å²) in [5, 5.41) is 14.7. The fourth-order valence-electron chi connectivity index (χ4n) is 5.76. The third kappa shape index (κ3) is 7.32. The van der Waals surface area contributed by atoms with Crippen molar-refractivity contribution in [1.29, 1.82) is 0 Å². The number of hydrogen-bond acceptors (Lipinski definition) is 6. The van der Waals surface area contributed by atoms with E-state index in [0.717, 1.165) is 54.1 Å². The summed E-state index contributed by atoms with van der Waals surface area (Å²) < 4.78 is 15.1. The van der Waals surface area contributed by atoms with Gasteiger partial charge in [0, 0.05) is 22.9 Å². The Bertz CT molecular complexity index is 1630. The lowest BCUT2D eigenvalue weighted by molar-refractivity contribution is -0.129. The Morgan fingerprint density at radius 1 is 1.09 bits per heavy atom. The number of Topliss-reactive ketones (excluding diaryl/α,β-unsaturated/α-hetero) is 1. The zero-order valence-electron chi connectivity index (χ0n) is 23.7. The Labute approximate surface area is 253 Å². The van der Waals surface area contributed by atoms with Gasteiger partial charge in [-0.3, -0.25) is 14.4 Å². The number of carbonyl (C=O) groups is 3. The lowest BCUT2D eigenvalue weighted by Crippen LogP contribution is -2.41. The first-order chi connectivity index (χ1) is 20.7. The predicted molar refractivity (Wildman–Crippen MR) is 160 cm³/mol. The molecule has 0 aliphatic heterocycles. The van der Waals surface area contributed by atoms with Gasteiger partial charge in [0.25, 0.3) is 0 Å². The van der Waals surface area contributed by atoms with Crippen molar-refractivity contribution >= 4 is 29.2 Å². The standard InChI is InChI=1S/C32H32ClFN6O3/c1-19(30(41)13-8-23-16-25(33)9-12-29(23)40-18-36-38-39-40)37-32(43)24-7-4-21(15-24)14-20-2-5-22(6-3-20)27-11-10-26(34)17-28(27)31(35)42/h2-3,5-6,9-12,16-19,21,24H,4,7-8,13-15H2,1H3,(H2,35,42)(H,37,43)/t19-,21-,24+/m0/s1. The van der Waals surface area contributed by atoms with E-state index in [1.54, 1.807) is 31.2 Å². The first kappa shape index (κ1) is 30.0. The number of tetrazole rings is 1. The van der Waals surface area contributed by atoms with Gasteiger partial charge in [-0.25, -0.2) is 9.07 Å². The maximum absolute atomic E-state index is 13.6. The summed E-state index contributed by atoms with van der Waals surface area (Å²) in [5.74, 6) is -1.15. The molecular formula is C32H32ClFN6O3. The quantitative estimate of drug-likeness (QED) is 0.251. The molecule has 1 fully saturated rings. The normalized spacial score (nSPS) is 17.0. The van der Waals surface area contributed by atoms with Gasteiger partial charge in [0.15, 0.2) is 5.78 Å². The average Bonchev–Trinajstić information content (AvgIpc) is 3.69. The first-order valence-electron chi connectivity index (χ1n) is 14.2. The van der Waals surface area contributed by atoms with E-state index in [1.165, 1.54) is 17.1 Å². The van der Waals surface area contributed by atoms with E-state index < -0.39 is 17.8 Å². The van der Waals surface area contributed by atoms with Gasteiger partial charge < -0.3 is 11.1 Å². The molecule has 1 saturated carbocycles. The molecular weight excluding hydrogens is 571 g/mol. The summed E-state index contributed by atoms with van der Waals surface area (Å²) in [6, 6.07) is 16.5. The highest BCUT2D eigenvalue weighted by molar-refractivity contribution is 6.30. The van der Waals surface area contributed by atoms with E-state index in [1.807, 2.05) is 24.3 Å². The molecule has 1 aliphatic rings. The maximum Gasteiger partial charge on any atom is 0.249 e. The number of aryl methyl sites for hydroxylation is 1. The molecule has 9 nitrogen and oxygen atoms in total. The van der Waals surface area contributed by atoms with Crippen molar-refractivity contribution in [2.75, 3.05) is 0 Å². The van der Waals surface area contributed by atoms with Gasteiger partial charge >= 0.3 is 0 Å². The van der Waals surface area contributed by atoms with Crippen molar-refractivity contribution in [3.8, 4) is 16.8 Å². The molecule has 3 aromatic carbocycles. The van der Waals surface area contributed by atoms with Gasteiger partial charge in [-0.05, 0) is 108 Å². The third-order valence-corrected chi connectivity index (χ3v) is 8.30. The lowest BCUT2D eigenvalue weighted by atomic mass is 9.93. The van der Waals surface area contributed by atoms with Crippen molar-refractivity contribution in [2.24, 2.45) is 17.6 Å². The third-order valence-electron chi connectivity index (χ3n) is 8.07. The maximum atomic E-state index is 13.6. The fourth-order valence-corrected chi connectivity index (χ4v) is 5.95. The smallest absolute Gasteiger partial charge is 0.249 e. The van der Waals surface area contributed by atoms with Crippen LogP contribution in [-0.2, 0) is 22.4 Å². The Kier molecular flexibility index (Phi) is 9.25. The van der Waals surface area contributed by atoms with Crippen LogP contribution >= 0.6 is 11.6 Å². The Hall–Kier alpha value is -4.44. The second-order valence-electron chi connectivity index (χ2n) is 11.1. The highest BCUT2D eigenvalue weighted by atomic mass is 35.5. The number of ketones is 1. The summed E-state index contributed by atoms with van der Waals surface area (Å²) in [4.78, 5) is 37.7. The molecule has 3 atom stereocenters. The molecule has 3 N–H and O–H groups in total. The molecule has 2 amide bonds. The summed E-state index contributed by atoms with van der Waals surface area (Å²) >= 11 is 6.18. The van der Waals surface area contributed by atoms with E-state index in [0.29, 0.717) is 22.9 Å². The summed E-state index contributed by atoms with van der Waals surface area (Å²) in [6.45, 7) is 1.72. The van der Waals surface area contributed by atoms with Gasteiger partial charge in [0.2, 0.25) is 11.8 Å². The van der Waals surface area contributed by atoms with Crippen molar-refractivity contribution < 1.29 is 18.8 Å². The van der Waals surface area contributed by atoms with Crippen LogP contribution in [0.4, 0.5) is 4.39 Å².